The lowest BCUT2D eigenvalue weighted by molar-refractivity contribution is 0.243. The third-order valence-electron chi connectivity index (χ3n) is 4.82. The van der Waals surface area contributed by atoms with Crippen molar-refractivity contribution in [2.45, 2.75) is 6.54 Å². The van der Waals surface area contributed by atoms with Crippen LogP contribution in [0, 0.1) is 5.82 Å². The Kier molecular flexibility index (Phi) is 4.34. The molecule has 0 radical (unpaired) electrons. The van der Waals surface area contributed by atoms with Crippen molar-refractivity contribution in [3.05, 3.63) is 70.3 Å². The van der Waals surface area contributed by atoms with Gasteiger partial charge in [-0.05, 0) is 24.3 Å². The smallest absolute Gasteiger partial charge is 0.344 e. The van der Waals surface area contributed by atoms with Gasteiger partial charge in [-0.15, -0.1) is 0 Å². The Hall–Kier alpha value is -2.86. The molecular formula is C20H19FN2O3. The molecule has 5 nitrogen and oxygen atoms in total. The van der Waals surface area contributed by atoms with Gasteiger partial charge in [-0.3, -0.25) is 4.90 Å². The molecule has 0 unspecified atom stereocenters. The van der Waals surface area contributed by atoms with Gasteiger partial charge in [0.05, 0.1) is 16.6 Å². The predicted molar refractivity (Wildman–Crippen MR) is 98.0 cm³/mol. The minimum Gasteiger partial charge on any atom is -0.507 e. The molecule has 26 heavy (non-hydrogen) atoms. The van der Waals surface area contributed by atoms with Crippen molar-refractivity contribution in [2.24, 2.45) is 0 Å². The zero-order valence-corrected chi connectivity index (χ0v) is 14.2. The van der Waals surface area contributed by atoms with E-state index in [-0.39, 0.29) is 17.1 Å². The molecule has 0 atom stereocenters. The first-order valence-corrected chi connectivity index (χ1v) is 8.59. The van der Waals surface area contributed by atoms with Crippen molar-refractivity contribution < 1.29 is 13.9 Å². The predicted octanol–water partition coefficient (Wildman–Crippen LogP) is 2.96. The number of nitrogens with zero attached hydrogens (tertiary/aromatic N) is 2. The van der Waals surface area contributed by atoms with Crippen LogP contribution in [-0.2, 0) is 6.54 Å². The molecule has 6 heteroatoms. The second-order valence-electron chi connectivity index (χ2n) is 6.43. The van der Waals surface area contributed by atoms with Crippen LogP contribution in [0.5, 0.6) is 5.75 Å². The topological polar surface area (TPSA) is 56.9 Å². The number of benzene rings is 2. The number of anilines is 1. The van der Waals surface area contributed by atoms with E-state index < -0.39 is 5.63 Å². The Balaban J connectivity index is 1.51. The normalized spacial score (nSPS) is 15.5. The fourth-order valence-corrected chi connectivity index (χ4v) is 3.39. The first-order valence-electron chi connectivity index (χ1n) is 8.59. The van der Waals surface area contributed by atoms with Gasteiger partial charge in [0, 0.05) is 32.7 Å². The molecule has 134 valence electrons. The largest absolute Gasteiger partial charge is 0.507 e. The Labute approximate surface area is 149 Å². The van der Waals surface area contributed by atoms with Gasteiger partial charge in [0.1, 0.15) is 17.1 Å². The summed E-state index contributed by atoms with van der Waals surface area (Å²) in [7, 11) is 0. The summed E-state index contributed by atoms with van der Waals surface area (Å²) in [6.45, 7) is 2.95. The number of aromatic hydroxyl groups is 1. The molecule has 0 aliphatic carbocycles. The maximum Gasteiger partial charge on any atom is 0.344 e. The van der Waals surface area contributed by atoms with Crippen LogP contribution in [0.1, 0.15) is 5.56 Å². The van der Waals surface area contributed by atoms with Crippen LogP contribution in [0.15, 0.2) is 57.7 Å². The minimum atomic E-state index is -0.516. The summed E-state index contributed by atoms with van der Waals surface area (Å²) in [5.41, 5.74) is 0.726. The van der Waals surface area contributed by atoms with Crippen molar-refractivity contribution in [3.8, 4) is 5.75 Å². The fourth-order valence-electron chi connectivity index (χ4n) is 3.39. The third-order valence-corrected chi connectivity index (χ3v) is 4.82. The molecule has 2 aromatic carbocycles. The van der Waals surface area contributed by atoms with Gasteiger partial charge in [0.25, 0.3) is 0 Å². The lowest BCUT2D eigenvalue weighted by Crippen LogP contribution is -2.46. The highest BCUT2D eigenvalue weighted by Gasteiger charge is 2.22. The SMILES string of the molecule is O=c1oc2ccccc2c(O)c1CN1CCN(c2ccccc2F)CC1. The molecule has 4 rings (SSSR count). The lowest BCUT2D eigenvalue weighted by Gasteiger charge is -2.36. The number of hydrogen-bond donors (Lipinski definition) is 1. The molecule has 1 aromatic heterocycles. The molecule has 1 aliphatic rings. The summed E-state index contributed by atoms with van der Waals surface area (Å²) < 4.78 is 19.2. The highest BCUT2D eigenvalue weighted by atomic mass is 19.1. The summed E-state index contributed by atoms with van der Waals surface area (Å²) >= 11 is 0. The van der Waals surface area contributed by atoms with Crippen LogP contribution < -0.4 is 10.5 Å². The van der Waals surface area contributed by atoms with Gasteiger partial charge in [-0.1, -0.05) is 24.3 Å². The van der Waals surface area contributed by atoms with E-state index in [1.54, 1.807) is 36.4 Å². The molecular weight excluding hydrogens is 335 g/mol. The molecule has 1 saturated heterocycles. The van der Waals surface area contributed by atoms with Crippen molar-refractivity contribution in [1.29, 1.82) is 0 Å². The summed E-state index contributed by atoms with van der Waals surface area (Å²) in [5.74, 6) is -0.248. The molecule has 1 fully saturated rings. The quantitative estimate of drug-likeness (QED) is 0.733. The zero-order valence-electron chi connectivity index (χ0n) is 14.2. The lowest BCUT2D eigenvalue weighted by atomic mass is 10.1. The highest BCUT2D eigenvalue weighted by molar-refractivity contribution is 5.83. The van der Waals surface area contributed by atoms with E-state index in [1.807, 2.05) is 11.0 Å². The van der Waals surface area contributed by atoms with E-state index in [9.17, 15) is 14.3 Å². The molecule has 0 spiro atoms. The van der Waals surface area contributed by atoms with Gasteiger partial charge in [0.15, 0.2) is 0 Å². The van der Waals surface area contributed by atoms with Crippen molar-refractivity contribution in [3.63, 3.8) is 0 Å². The van der Waals surface area contributed by atoms with E-state index in [4.69, 9.17) is 4.42 Å². The molecule has 2 heterocycles. The minimum absolute atomic E-state index is 0.0200. The number of halogens is 1. The van der Waals surface area contributed by atoms with Crippen LogP contribution in [0.4, 0.5) is 10.1 Å². The van der Waals surface area contributed by atoms with E-state index >= 15 is 0 Å². The van der Waals surface area contributed by atoms with E-state index in [0.717, 1.165) is 0 Å². The molecule has 0 amide bonds. The van der Waals surface area contributed by atoms with Gasteiger partial charge < -0.3 is 14.4 Å². The average molecular weight is 354 g/mol. The first kappa shape index (κ1) is 16.6. The second-order valence-corrected chi connectivity index (χ2v) is 6.43. The van der Waals surface area contributed by atoms with Gasteiger partial charge in [-0.25, -0.2) is 9.18 Å². The number of fused-ring (bicyclic) bond motifs is 1. The summed E-state index contributed by atoms with van der Waals surface area (Å²) in [5, 5.41) is 11.0. The molecule has 0 bridgehead atoms. The average Bonchev–Trinajstić information content (AvgIpc) is 2.66. The summed E-state index contributed by atoms with van der Waals surface area (Å²) in [4.78, 5) is 16.3. The monoisotopic (exact) mass is 354 g/mol. The van der Waals surface area contributed by atoms with Crippen molar-refractivity contribution in [2.75, 3.05) is 31.1 Å². The highest BCUT2D eigenvalue weighted by Crippen LogP contribution is 2.27. The Morgan fingerprint density at radius 2 is 1.69 bits per heavy atom. The van der Waals surface area contributed by atoms with E-state index in [1.165, 1.54) is 6.07 Å². The standard InChI is InChI=1S/C20H19FN2O3/c21-16-6-2-3-7-17(16)23-11-9-22(10-12-23)13-15-19(24)14-5-1-4-8-18(14)26-20(15)25/h1-8,24H,9-13H2. The Bertz CT molecular complexity index is 994. The third kappa shape index (κ3) is 3.04. The summed E-state index contributed by atoms with van der Waals surface area (Å²) in [6.07, 6.45) is 0. The second kappa shape index (κ2) is 6.80. The fraction of sp³-hybridized carbons (Fsp3) is 0.250. The van der Waals surface area contributed by atoms with E-state index in [0.29, 0.717) is 49.4 Å². The number of para-hydroxylation sites is 2. The van der Waals surface area contributed by atoms with Crippen LogP contribution in [-0.4, -0.2) is 36.2 Å². The van der Waals surface area contributed by atoms with Crippen LogP contribution in [0.2, 0.25) is 0 Å². The Morgan fingerprint density at radius 1 is 1.00 bits per heavy atom. The van der Waals surface area contributed by atoms with Crippen molar-refractivity contribution >= 4 is 16.7 Å². The van der Waals surface area contributed by atoms with Crippen molar-refractivity contribution in [1.82, 2.24) is 4.90 Å². The molecule has 1 N–H and O–H groups in total. The van der Waals surface area contributed by atoms with Gasteiger partial charge in [-0.2, -0.15) is 0 Å². The van der Waals surface area contributed by atoms with Crippen LogP contribution >= 0.6 is 0 Å². The zero-order chi connectivity index (χ0) is 18.1. The number of hydrogen-bond acceptors (Lipinski definition) is 5. The molecule has 3 aromatic rings. The molecule has 1 aliphatic heterocycles. The Morgan fingerprint density at radius 3 is 2.46 bits per heavy atom. The number of piperazine rings is 1. The molecule has 0 saturated carbocycles. The maximum atomic E-state index is 13.9. The summed E-state index contributed by atoms with van der Waals surface area (Å²) in [6, 6.07) is 13.7. The number of rotatable bonds is 3. The van der Waals surface area contributed by atoms with Gasteiger partial charge >= 0.3 is 5.63 Å². The van der Waals surface area contributed by atoms with Gasteiger partial charge in [0.2, 0.25) is 0 Å². The van der Waals surface area contributed by atoms with E-state index in [2.05, 4.69) is 4.90 Å². The first-order chi connectivity index (χ1) is 12.6. The van der Waals surface area contributed by atoms with Crippen LogP contribution in [0.3, 0.4) is 0 Å². The maximum absolute atomic E-state index is 13.9. The van der Waals surface area contributed by atoms with Crippen LogP contribution in [0.25, 0.3) is 11.0 Å².